The first-order valence-electron chi connectivity index (χ1n) is 5.67. The van der Waals surface area contributed by atoms with Crippen molar-refractivity contribution in [2.75, 3.05) is 13.7 Å². The summed E-state index contributed by atoms with van der Waals surface area (Å²) in [4.78, 5) is 0. The van der Waals surface area contributed by atoms with Crippen molar-refractivity contribution in [2.24, 2.45) is 5.73 Å². The van der Waals surface area contributed by atoms with Crippen molar-refractivity contribution in [2.45, 2.75) is 31.6 Å². The van der Waals surface area contributed by atoms with E-state index in [0.717, 1.165) is 23.6 Å². The molecular weight excluding hydrogens is 222 g/mol. The van der Waals surface area contributed by atoms with Gasteiger partial charge in [-0.25, -0.2) is 0 Å². The SMILES string of the molecule is COc1cc(C)cc(C2(CN)CCC2)c1Cl. The van der Waals surface area contributed by atoms with Crippen LogP contribution in [-0.2, 0) is 5.41 Å². The summed E-state index contributed by atoms with van der Waals surface area (Å²) in [7, 11) is 1.65. The van der Waals surface area contributed by atoms with E-state index in [4.69, 9.17) is 22.1 Å². The third-order valence-corrected chi connectivity index (χ3v) is 4.07. The third kappa shape index (κ3) is 1.70. The van der Waals surface area contributed by atoms with Crippen LogP contribution in [0.25, 0.3) is 0 Å². The molecule has 1 fully saturated rings. The Labute approximate surface area is 102 Å². The van der Waals surface area contributed by atoms with E-state index < -0.39 is 0 Å². The number of nitrogens with two attached hydrogens (primary N) is 1. The molecule has 0 heterocycles. The molecule has 0 radical (unpaired) electrons. The zero-order valence-corrected chi connectivity index (χ0v) is 10.6. The van der Waals surface area contributed by atoms with E-state index in [2.05, 4.69) is 13.0 Å². The molecule has 3 heteroatoms. The molecule has 0 unspecified atom stereocenters. The summed E-state index contributed by atoms with van der Waals surface area (Å²) in [6, 6.07) is 4.12. The Morgan fingerprint density at radius 3 is 2.56 bits per heavy atom. The van der Waals surface area contributed by atoms with Gasteiger partial charge in [0.1, 0.15) is 5.75 Å². The lowest BCUT2D eigenvalue weighted by molar-refractivity contribution is 0.252. The van der Waals surface area contributed by atoms with Gasteiger partial charge in [-0.05, 0) is 37.0 Å². The van der Waals surface area contributed by atoms with Crippen LogP contribution in [0, 0.1) is 6.92 Å². The van der Waals surface area contributed by atoms with Crippen LogP contribution in [-0.4, -0.2) is 13.7 Å². The van der Waals surface area contributed by atoms with Gasteiger partial charge >= 0.3 is 0 Å². The molecule has 1 aliphatic carbocycles. The molecule has 88 valence electrons. The minimum absolute atomic E-state index is 0.0936. The van der Waals surface area contributed by atoms with E-state index in [0.29, 0.717) is 6.54 Å². The van der Waals surface area contributed by atoms with Gasteiger partial charge in [0.15, 0.2) is 0 Å². The highest BCUT2D eigenvalue weighted by molar-refractivity contribution is 6.33. The summed E-state index contributed by atoms with van der Waals surface area (Å²) in [5.41, 5.74) is 8.35. The lowest BCUT2D eigenvalue weighted by Crippen LogP contribution is -2.41. The summed E-state index contributed by atoms with van der Waals surface area (Å²) in [6.07, 6.45) is 3.51. The van der Waals surface area contributed by atoms with E-state index in [9.17, 15) is 0 Å². The van der Waals surface area contributed by atoms with E-state index in [1.165, 1.54) is 17.5 Å². The maximum atomic E-state index is 6.38. The first-order chi connectivity index (χ1) is 7.63. The molecule has 16 heavy (non-hydrogen) atoms. The fourth-order valence-electron chi connectivity index (χ4n) is 2.46. The van der Waals surface area contributed by atoms with Gasteiger partial charge in [-0.15, -0.1) is 0 Å². The Kier molecular flexibility index (Phi) is 3.13. The number of hydrogen-bond donors (Lipinski definition) is 1. The summed E-state index contributed by atoms with van der Waals surface area (Å²) >= 11 is 6.38. The van der Waals surface area contributed by atoms with Crippen molar-refractivity contribution in [3.8, 4) is 5.75 Å². The first kappa shape index (κ1) is 11.7. The van der Waals surface area contributed by atoms with Gasteiger partial charge in [0.25, 0.3) is 0 Å². The monoisotopic (exact) mass is 239 g/mol. The Hall–Kier alpha value is -0.730. The molecule has 1 aromatic carbocycles. The number of rotatable bonds is 3. The highest BCUT2D eigenvalue weighted by Crippen LogP contribution is 2.47. The standard InChI is InChI=1S/C13H18ClNO/c1-9-6-10(12(14)11(7-9)16-2)13(8-15)4-3-5-13/h6-7H,3-5,8,15H2,1-2H3. The predicted molar refractivity (Wildman–Crippen MR) is 67.3 cm³/mol. The fourth-order valence-corrected chi connectivity index (χ4v) is 2.84. The van der Waals surface area contributed by atoms with E-state index in [1.807, 2.05) is 6.07 Å². The second kappa shape index (κ2) is 4.27. The molecule has 1 aliphatic rings. The van der Waals surface area contributed by atoms with Gasteiger partial charge in [-0.1, -0.05) is 24.1 Å². The number of methoxy groups -OCH3 is 1. The highest BCUT2D eigenvalue weighted by atomic mass is 35.5. The molecule has 0 bridgehead atoms. The number of ether oxygens (including phenoxy) is 1. The van der Waals surface area contributed by atoms with Crippen molar-refractivity contribution < 1.29 is 4.74 Å². The molecule has 0 aromatic heterocycles. The molecule has 2 nitrogen and oxygen atoms in total. The van der Waals surface area contributed by atoms with Crippen LogP contribution >= 0.6 is 11.6 Å². The van der Waals surface area contributed by atoms with E-state index in [-0.39, 0.29) is 5.41 Å². The van der Waals surface area contributed by atoms with Gasteiger partial charge in [0.2, 0.25) is 0 Å². The van der Waals surface area contributed by atoms with Crippen LogP contribution in [0.15, 0.2) is 12.1 Å². The molecule has 0 spiro atoms. The topological polar surface area (TPSA) is 35.2 Å². The van der Waals surface area contributed by atoms with Crippen molar-refractivity contribution in [1.82, 2.24) is 0 Å². The largest absolute Gasteiger partial charge is 0.495 e. The van der Waals surface area contributed by atoms with Gasteiger partial charge in [0, 0.05) is 12.0 Å². The van der Waals surface area contributed by atoms with E-state index in [1.54, 1.807) is 7.11 Å². The molecule has 2 N–H and O–H groups in total. The summed E-state index contributed by atoms with van der Waals surface area (Å²) < 4.78 is 5.30. The molecule has 0 saturated heterocycles. The molecule has 1 aromatic rings. The summed E-state index contributed by atoms with van der Waals surface area (Å²) in [5, 5.41) is 0.734. The Bertz CT molecular complexity index is 394. The predicted octanol–water partition coefficient (Wildman–Crippen LogP) is 3.04. The van der Waals surface area contributed by atoms with Gasteiger partial charge < -0.3 is 10.5 Å². The molecule has 0 aliphatic heterocycles. The van der Waals surface area contributed by atoms with Crippen molar-refractivity contribution in [3.63, 3.8) is 0 Å². The zero-order chi connectivity index (χ0) is 11.8. The van der Waals surface area contributed by atoms with Gasteiger partial charge in [0.05, 0.1) is 12.1 Å². The average molecular weight is 240 g/mol. The van der Waals surface area contributed by atoms with Gasteiger partial charge in [-0.3, -0.25) is 0 Å². The smallest absolute Gasteiger partial charge is 0.138 e. The maximum Gasteiger partial charge on any atom is 0.138 e. The van der Waals surface area contributed by atoms with Crippen LogP contribution in [0.5, 0.6) is 5.75 Å². The second-order valence-electron chi connectivity index (χ2n) is 4.67. The minimum Gasteiger partial charge on any atom is -0.495 e. The van der Waals surface area contributed by atoms with E-state index >= 15 is 0 Å². The fraction of sp³-hybridized carbons (Fsp3) is 0.538. The minimum atomic E-state index is 0.0936. The lowest BCUT2D eigenvalue weighted by Gasteiger charge is -2.42. The highest BCUT2D eigenvalue weighted by Gasteiger charge is 2.39. The van der Waals surface area contributed by atoms with Crippen LogP contribution < -0.4 is 10.5 Å². The zero-order valence-electron chi connectivity index (χ0n) is 9.85. The summed E-state index contributed by atoms with van der Waals surface area (Å²) in [6.45, 7) is 2.73. The van der Waals surface area contributed by atoms with Gasteiger partial charge in [-0.2, -0.15) is 0 Å². The Morgan fingerprint density at radius 1 is 1.44 bits per heavy atom. The Morgan fingerprint density at radius 2 is 2.12 bits per heavy atom. The van der Waals surface area contributed by atoms with Crippen molar-refractivity contribution in [3.05, 3.63) is 28.3 Å². The second-order valence-corrected chi connectivity index (χ2v) is 5.04. The molecule has 1 saturated carbocycles. The molecular formula is C13H18ClNO. The number of benzene rings is 1. The maximum absolute atomic E-state index is 6.38. The normalized spacial score (nSPS) is 18.0. The van der Waals surface area contributed by atoms with Crippen LogP contribution in [0.3, 0.4) is 0 Å². The van der Waals surface area contributed by atoms with Crippen molar-refractivity contribution in [1.29, 1.82) is 0 Å². The average Bonchev–Trinajstić information content (AvgIpc) is 2.21. The van der Waals surface area contributed by atoms with Crippen LogP contribution in [0.4, 0.5) is 0 Å². The third-order valence-electron chi connectivity index (χ3n) is 3.68. The van der Waals surface area contributed by atoms with Crippen molar-refractivity contribution >= 4 is 11.6 Å². The lowest BCUT2D eigenvalue weighted by atomic mass is 9.64. The Balaban J connectivity index is 2.51. The number of aryl methyl sites for hydroxylation is 1. The molecule has 0 amide bonds. The number of halogens is 1. The molecule has 0 atom stereocenters. The quantitative estimate of drug-likeness (QED) is 0.880. The van der Waals surface area contributed by atoms with Crippen LogP contribution in [0.2, 0.25) is 5.02 Å². The van der Waals surface area contributed by atoms with Crippen LogP contribution in [0.1, 0.15) is 30.4 Å². The summed E-state index contributed by atoms with van der Waals surface area (Å²) in [5.74, 6) is 0.761. The first-order valence-corrected chi connectivity index (χ1v) is 6.05. The molecule has 2 rings (SSSR count). The number of hydrogen-bond acceptors (Lipinski definition) is 2.